The second kappa shape index (κ2) is 6.31. The molecule has 0 aliphatic carbocycles. The Labute approximate surface area is 132 Å². The number of H-pyrrole nitrogens is 1. The van der Waals surface area contributed by atoms with Crippen LogP contribution in [0.3, 0.4) is 0 Å². The normalized spacial score (nSPS) is 10.5. The van der Waals surface area contributed by atoms with Gasteiger partial charge in [-0.2, -0.15) is 0 Å². The molecule has 2 N–H and O–H groups in total. The van der Waals surface area contributed by atoms with Crippen LogP contribution in [0.2, 0.25) is 0 Å². The number of para-hydroxylation sites is 1. The topological polar surface area (TPSA) is 84.1 Å². The fourth-order valence-electron chi connectivity index (χ4n) is 2.23. The summed E-state index contributed by atoms with van der Waals surface area (Å²) in [6.45, 7) is 0.280. The first-order valence-electron chi connectivity index (χ1n) is 7.06. The largest absolute Gasteiger partial charge is 0.481 e. The Balaban J connectivity index is 1.77. The Morgan fingerprint density at radius 3 is 2.83 bits per heavy atom. The van der Waals surface area contributed by atoms with Gasteiger partial charge in [0.15, 0.2) is 0 Å². The number of hydrogen-bond donors (Lipinski definition) is 2. The van der Waals surface area contributed by atoms with Gasteiger partial charge in [-0.3, -0.25) is 9.59 Å². The van der Waals surface area contributed by atoms with Crippen LogP contribution in [0.15, 0.2) is 53.5 Å². The lowest BCUT2D eigenvalue weighted by Gasteiger charge is -2.06. The molecule has 2 heterocycles. The predicted molar refractivity (Wildman–Crippen MR) is 86.5 cm³/mol. The number of benzene rings is 1. The van der Waals surface area contributed by atoms with E-state index in [1.807, 2.05) is 18.2 Å². The van der Waals surface area contributed by atoms with Gasteiger partial charge in [0, 0.05) is 24.3 Å². The molecule has 6 heteroatoms. The maximum absolute atomic E-state index is 12.2. The minimum atomic E-state index is -0.423. The molecule has 1 amide bonds. The number of carbonyl (C=O) groups is 1. The second-order valence-corrected chi connectivity index (χ2v) is 4.99. The molecule has 116 valence electrons. The predicted octanol–water partition coefficient (Wildman–Crippen LogP) is 1.86. The molecule has 0 aliphatic heterocycles. The number of ether oxygens (including phenoxy) is 1. The van der Waals surface area contributed by atoms with Gasteiger partial charge in [-0.15, -0.1) is 0 Å². The number of rotatable bonds is 4. The smallest absolute Gasteiger partial charge is 0.261 e. The molecule has 1 aromatic carbocycles. The number of fused-ring (bicyclic) bond motifs is 1. The summed E-state index contributed by atoms with van der Waals surface area (Å²) < 4.78 is 4.98. The van der Waals surface area contributed by atoms with Crippen molar-refractivity contribution in [1.82, 2.24) is 15.3 Å². The zero-order valence-corrected chi connectivity index (χ0v) is 12.5. The van der Waals surface area contributed by atoms with Crippen LogP contribution >= 0.6 is 0 Å². The summed E-state index contributed by atoms with van der Waals surface area (Å²) in [5.74, 6) is 0.0823. The molecule has 0 spiro atoms. The zero-order valence-electron chi connectivity index (χ0n) is 12.5. The summed E-state index contributed by atoms with van der Waals surface area (Å²) in [5, 5.41) is 3.53. The molecule has 23 heavy (non-hydrogen) atoms. The van der Waals surface area contributed by atoms with Crippen molar-refractivity contribution in [2.45, 2.75) is 6.54 Å². The average Bonchev–Trinajstić information content (AvgIpc) is 2.59. The van der Waals surface area contributed by atoms with Gasteiger partial charge in [-0.1, -0.05) is 24.3 Å². The van der Waals surface area contributed by atoms with Crippen molar-refractivity contribution in [3.05, 3.63) is 70.1 Å². The van der Waals surface area contributed by atoms with E-state index in [0.29, 0.717) is 11.4 Å². The fraction of sp³-hybridized carbons (Fsp3) is 0.118. The van der Waals surface area contributed by atoms with Crippen LogP contribution in [0.25, 0.3) is 10.9 Å². The summed E-state index contributed by atoms with van der Waals surface area (Å²) in [6.07, 6.45) is 1.61. The molecular formula is C17H15N3O3. The molecule has 0 unspecified atom stereocenters. The highest BCUT2D eigenvalue weighted by molar-refractivity contribution is 5.97. The molecule has 0 fully saturated rings. The van der Waals surface area contributed by atoms with Crippen LogP contribution < -0.4 is 15.6 Å². The van der Waals surface area contributed by atoms with Gasteiger partial charge in [0.1, 0.15) is 5.56 Å². The van der Waals surface area contributed by atoms with Gasteiger partial charge < -0.3 is 15.0 Å². The van der Waals surface area contributed by atoms with Crippen molar-refractivity contribution < 1.29 is 9.53 Å². The number of amides is 1. The summed E-state index contributed by atoms with van der Waals surface area (Å²) in [6, 6.07) is 12.4. The van der Waals surface area contributed by atoms with Crippen molar-refractivity contribution in [3.63, 3.8) is 0 Å². The number of carbonyl (C=O) groups excluding carboxylic acids is 1. The summed E-state index contributed by atoms with van der Waals surface area (Å²) in [7, 11) is 1.54. The Hall–Kier alpha value is -3.15. The number of methoxy groups -OCH3 is 1. The van der Waals surface area contributed by atoms with E-state index in [1.54, 1.807) is 30.5 Å². The monoisotopic (exact) mass is 309 g/mol. The lowest BCUT2D eigenvalue weighted by atomic mass is 10.1. The number of nitrogens with one attached hydrogen (secondary N) is 2. The van der Waals surface area contributed by atoms with Crippen molar-refractivity contribution in [3.8, 4) is 5.88 Å². The molecule has 2 aromatic heterocycles. The van der Waals surface area contributed by atoms with E-state index in [4.69, 9.17) is 4.74 Å². The molecule has 0 aliphatic rings. The van der Waals surface area contributed by atoms with Crippen molar-refractivity contribution in [2.75, 3.05) is 7.11 Å². The highest BCUT2D eigenvalue weighted by atomic mass is 16.5. The van der Waals surface area contributed by atoms with Crippen molar-refractivity contribution in [1.29, 1.82) is 0 Å². The van der Waals surface area contributed by atoms with Crippen molar-refractivity contribution in [2.24, 2.45) is 0 Å². The van der Waals surface area contributed by atoms with E-state index in [2.05, 4.69) is 15.3 Å². The molecular weight excluding hydrogens is 294 g/mol. The van der Waals surface area contributed by atoms with E-state index in [0.717, 1.165) is 10.9 Å². The van der Waals surface area contributed by atoms with Gasteiger partial charge in [0.25, 0.3) is 11.5 Å². The van der Waals surface area contributed by atoms with E-state index < -0.39 is 11.5 Å². The third-order valence-electron chi connectivity index (χ3n) is 3.46. The molecule has 6 nitrogen and oxygen atoms in total. The quantitative estimate of drug-likeness (QED) is 0.770. The highest BCUT2D eigenvalue weighted by Gasteiger charge is 2.11. The molecule has 0 saturated carbocycles. The maximum atomic E-state index is 12.2. The lowest BCUT2D eigenvalue weighted by Crippen LogP contribution is -2.29. The van der Waals surface area contributed by atoms with Gasteiger partial charge in [-0.05, 0) is 23.1 Å². The van der Waals surface area contributed by atoms with Crippen LogP contribution in [0.4, 0.5) is 0 Å². The minimum absolute atomic E-state index is 0.0881. The fourth-order valence-corrected chi connectivity index (χ4v) is 2.23. The van der Waals surface area contributed by atoms with Crippen LogP contribution in [-0.2, 0) is 6.54 Å². The molecule has 3 aromatic rings. The van der Waals surface area contributed by atoms with Crippen LogP contribution in [0.1, 0.15) is 15.9 Å². The van der Waals surface area contributed by atoms with Gasteiger partial charge in [0.2, 0.25) is 5.88 Å². The number of pyridine rings is 2. The van der Waals surface area contributed by atoms with E-state index in [-0.39, 0.29) is 12.1 Å². The number of nitrogens with zero attached hydrogens (tertiary/aromatic N) is 1. The third-order valence-corrected chi connectivity index (χ3v) is 3.46. The first kappa shape index (κ1) is 14.8. The second-order valence-electron chi connectivity index (χ2n) is 4.99. The number of aromatic nitrogens is 2. The third kappa shape index (κ3) is 3.21. The number of aromatic amines is 1. The maximum Gasteiger partial charge on any atom is 0.261 e. The summed E-state index contributed by atoms with van der Waals surface area (Å²) in [5.41, 5.74) is 1.20. The minimum Gasteiger partial charge on any atom is -0.481 e. The summed E-state index contributed by atoms with van der Waals surface area (Å²) >= 11 is 0. The average molecular weight is 309 g/mol. The van der Waals surface area contributed by atoms with Gasteiger partial charge >= 0.3 is 0 Å². The van der Waals surface area contributed by atoms with Gasteiger partial charge in [0.05, 0.1) is 7.11 Å². The molecule has 0 atom stereocenters. The Bertz CT molecular complexity index is 901. The Morgan fingerprint density at radius 2 is 2.09 bits per heavy atom. The number of hydrogen-bond acceptors (Lipinski definition) is 4. The van der Waals surface area contributed by atoms with Gasteiger partial charge in [-0.25, -0.2) is 4.98 Å². The van der Waals surface area contributed by atoms with Crippen LogP contribution in [0, 0.1) is 0 Å². The molecule has 0 saturated heterocycles. The van der Waals surface area contributed by atoms with E-state index >= 15 is 0 Å². The molecule has 0 bridgehead atoms. The van der Waals surface area contributed by atoms with E-state index in [1.165, 1.54) is 7.11 Å². The Kier molecular flexibility index (Phi) is 4.05. The highest BCUT2D eigenvalue weighted by Crippen LogP contribution is 2.10. The van der Waals surface area contributed by atoms with Crippen LogP contribution in [-0.4, -0.2) is 23.0 Å². The first-order valence-corrected chi connectivity index (χ1v) is 7.06. The SMILES string of the molecule is COc1ccc(CNC(=O)c2cc3ccccc3[nH]c2=O)cn1. The molecule has 3 rings (SSSR count). The Morgan fingerprint density at radius 1 is 1.26 bits per heavy atom. The zero-order chi connectivity index (χ0) is 16.2. The van der Waals surface area contributed by atoms with Crippen molar-refractivity contribution >= 4 is 16.8 Å². The standard InChI is InChI=1S/C17H15N3O3/c1-23-15-7-6-11(9-18-15)10-19-16(21)13-8-12-4-2-3-5-14(12)20-17(13)22/h2-9H,10H2,1H3,(H,19,21)(H,20,22). The summed E-state index contributed by atoms with van der Waals surface area (Å²) in [4.78, 5) is 31.0. The van der Waals surface area contributed by atoms with Crippen LogP contribution in [0.5, 0.6) is 5.88 Å². The lowest BCUT2D eigenvalue weighted by molar-refractivity contribution is 0.0949. The molecule has 0 radical (unpaired) electrons. The van der Waals surface area contributed by atoms with E-state index in [9.17, 15) is 9.59 Å². The first-order chi connectivity index (χ1) is 11.2.